The van der Waals surface area contributed by atoms with Crippen LogP contribution in [0, 0.1) is 12.8 Å². The molecule has 0 saturated carbocycles. The van der Waals surface area contributed by atoms with Crippen LogP contribution in [0.4, 0.5) is 11.4 Å². The quantitative estimate of drug-likeness (QED) is 0.832. The standard InChI is InChI=1S/C15H24N2O/c1-6-15(18)17-14-9-7-8-13(11(14)4)16-12(5)10(2)3/h7-10,12,16H,6H2,1-5H3,(H,17,18). The SMILES string of the molecule is CCC(=O)Nc1cccc(NC(C)C(C)C)c1C. The van der Waals surface area contributed by atoms with Crippen LogP contribution in [0.5, 0.6) is 0 Å². The summed E-state index contributed by atoms with van der Waals surface area (Å²) in [5.41, 5.74) is 3.07. The maximum atomic E-state index is 11.4. The molecule has 0 aliphatic rings. The molecular weight excluding hydrogens is 224 g/mol. The monoisotopic (exact) mass is 248 g/mol. The van der Waals surface area contributed by atoms with Gasteiger partial charge >= 0.3 is 0 Å². The summed E-state index contributed by atoms with van der Waals surface area (Å²) >= 11 is 0. The van der Waals surface area contributed by atoms with Crippen molar-refractivity contribution in [1.82, 2.24) is 0 Å². The van der Waals surface area contributed by atoms with E-state index in [4.69, 9.17) is 0 Å². The zero-order valence-electron chi connectivity index (χ0n) is 12.0. The summed E-state index contributed by atoms with van der Waals surface area (Å²) in [7, 11) is 0. The molecule has 0 bridgehead atoms. The van der Waals surface area contributed by atoms with Crippen molar-refractivity contribution in [1.29, 1.82) is 0 Å². The van der Waals surface area contributed by atoms with Crippen LogP contribution in [0.15, 0.2) is 18.2 Å². The minimum Gasteiger partial charge on any atom is -0.382 e. The lowest BCUT2D eigenvalue weighted by molar-refractivity contribution is -0.115. The molecule has 1 aromatic rings. The van der Waals surface area contributed by atoms with Gasteiger partial charge in [-0.25, -0.2) is 0 Å². The Hall–Kier alpha value is -1.51. The summed E-state index contributed by atoms with van der Waals surface area (Å²) in [6.07, 6.45) is 0.499. The predicted molar refractivity (Wildman–Crippen MR) is 78.0 cm³/mol. The van der Waals surface area contributed by atoms with Gasteiger partial charge in [-0.2, -0.15) is 0 Å². The van der Waals surface area contributed by atoms with Crippen molar-refractivity contribution in [3.63, 3.8) is 0 Å². The van der Waals surface area contributed by atoms with Crippen molar-refractivity contribution in [3.8, 4) is 0 Å². The molecule has 18 heavy (non-hydrogen) atoms. The number of hydrogen-bond acceptors (Lipinski definition) is 2. The van der Waals surface area contributed by atoms with Crippen LogP contribution >= 0.6 is 0 Å². The predicted octanol–water partition coefficient (Wildman–Crippen LogP) is 3.80. The highest BCUT2D eigenvalue weighted by atomic mass is 16.1. The van der Waals surface area contributed by atoms with Gasteiger partial charge in [0.05, 0.1) is 0 Å². The molecule has 2 N–H and O–H groups in total. The third kappa shape index (κ3) is 3.76. The van der Waals surface area contributed by atoms with Gasteiger partial charge < -0.3 is 10.6 Å². The Balaban J connectivity index is 2.88. The Morgan fingerprint density at radius 1 is 1.22 bits per heavy atom. The number of amides is 1. The molecule has 0 aliphatic heterocycles. The van der Waals surface area contributed by atoms with Gasteiger partial charge in [0.25, 0.3) is 0 Å². The van der Waals surface area contributed by atoms with Gasteiger partial charge in [-0.1, -0.05) is 26.8 Å². The van der Waals surface area contributed by atoms with Gasteiger partial charge in [0.15, 0.2) is 0 Å². The van der Waals surface area contributed by atoms with Crippen molar-refractivity contribution in [2.75, 3.05) is 10.6 Å². The summed E-state index contributed by atoms with van der Waals surface area (Å²) in [5.74, 6) is 0.616. The minimum absolute atomic E-state index is 0.0483. The van der Waals surface area contributed by atoms with Crippen molar-refractivity contribution in [3.05, 3.63) is 23.8 Å². The van der Waals surface area contributed by atoms with E-state index >= 15 is 0 Å². The molecule has 0 aromatic heterocycles. The number of hydrogen-bond donors (Lipinski definition) is 2. The molecular formula is C15H24N2O. The van der Waals surface area contributed by atoms with E-state index in [0.717, 1.165) is 16.9 Å². The van der Waals surface area contributed by atoms with E-state index < -0.39 is 0 Å². The molecule has 0 heterocycles. The number of carbonyl (C=O) groups excluding carboxylic acids is 1. The second kappa shape index (κ2) is 6.43. The highest BCUT2D eigenvalue weighted by Gasteiger charge is 2.10. The van der Waals surface area contributed by atoms with E-state index in [0.29, 0.717) is 18.4 Å². The van der Waals surface area contributed by atoms with E-state index in [1.165, 1.54) is 0 Å². The van der Waals surface area contributed by atoms with E-state index in [1.807, 2.05) is 26.0 Å². The third-order valence-electron chi connectivity index (χ3n) is 3.31. The van der Waals surface area contributed by atoms with Crippen LogP contribution in [0.2, 0.25) is 0 Å². The maximum Gasteiger partial charge on any atom is 0.224 e. The van der Waals surface area contributed by atoms with Crippen LogP contribution in [0.25, 0.3) is 0 Å². The Morgan fingerprint density at radius 2 is 1.83 bits per heavy atom. The van der Waals surface area contributed by atoms with E-state index in [9.17, 15) is 4.79 Å². The normalized spacial score (nSPS) is 12.3. The number of benzene rings is 1. The summed E-state index contributed by atoms with van der Waals surface area (Å²) < 4.78 is 0. The number of rotatable bonds is 5. The largest absolute Gasteiger partial charge is 0.382 e. The lowest BCUT2D eigenvalue weighted by Crippen LogP contribution is -2.22. The Labute approximate surface area is 110 Å². The Bertz CT molecular complexity index is 413. The molecule has 0 aliphatic carbocycles. The van der Waals surface area contributed by atoms with E-state index in [-0.39, 0.29) is 5.91 Å². The molecule has 1 amide bonds. The summed E-state index contributed by atoms with van der Waals surface area (Å²) in [6, 6.07) is 6.36. The Kier molecular flexibility index (Phi) is 5.20. The average molecular weight is 248 g/mol. The van der Waals surface area contributed by atoms with Crippen molar-refractivity contribution in [2.24, 2.45) is 5.92 Å². The summed E-state index contributed by atoms with van der Waals surface area (Å²) in [4.78, 5) is 11.4. The van der Waals surface area contributed by atoms with Crippen LogP contribution in [-0.2, 0) is 4.79 Å². The molecule has 0 radical (unpaired) electrons. The molecule has 1 unspecified atom stereocenters. The molecule has 0 spiro atoms. The first-order chi connectivity index (χ1) is 8.45. The van der Waals surface area contributed by atoms with Gasteiger partial charge in [0, 0.05) is 23.8 Å². The van der Waals surface area contributed by atoms with Crippen LogP contribution in [0.1, 0.15) is 39.7 Å². The summed E-state index contributed by atoms with van der Waals surface area (Å²) in [5, 5.41) is 6.41. The van der Waals surface area contributed by atoms with E-state index in [2.05, 4.69) is 37.5 Å². The van der Waals surface area contributed by atoms with Gasteiger partial charge in [-0.3, -0.25) is 4.79 Å². The zero-order valence-corrected chi connectivity index (χ0v) is 12.0. The van der Waals surface area contributed by atoms with Crippen molar-refractivity contribution < 1.29 is 4.79 Å². The molecule has 3 nitrogen and oxygen atoms in total. The maximum absolute atomic E-state index is 11.4. The fraction of sp³-hybridized carbons (Fsp3) is 0.533. The molecule has 3 heteroatoms. The van der Waals surface area contributed by atoms with Crippen molar-refractivity contribution in [2.45, 2.75) is 47.1 Å². The van der Waals surface area contributed by atoms with Crippen LogP contribution in [-0.4, -0.2) is 11.9 Å². The summed E-state index contributed by atoms with van der Waals surface area (Å²) in [6.45, 7) is 10.4. The lowest BCUT2D eigenvalue weighted by Gasteiger charge is -2.21. The molecule has 1 aromatic carbocycles. The number of anilines is 2. The highest BCUT2D eigenvalue weighted by molar-refractivity contribution is 5.92. The van der Waals surface area contributed by atoms with Crippen LogP contribution in [0.3, 0.4) is 0 Å². The highest BCUT2D eigenvalue weighted by Crippen LogP contribution is 2.25. The number of nitrogens with one attached hydrogen (secondary N) is 2. The fourth-order valence-electron chi connectivity index (χ4n) is 1.58. The second-order valence-corrected chi connectivity index (χ2v) is 5.06. The first-order valence-corrected chi connectivity index (χ1v) is 6.61. The lowest BCUT2D eigenvalue weighted by atomic mass is 10.0. The van der Waals surface area contributed by atoms with Gasteiger partial charge in [0.2, 0.25) is 5.91 Å². The first kappa shape index (κ1) is 14.6. The van der Waals surface area contributed by atoms with E-state index in [1.54, 1.807) is 0 Å². The molecule has 100 valence electrons. The van der Waals surface area contributed by atoms with Gasteiger partial charge in [0.1, 0.15) is 0 Å². The molecule has 0 saturated heterocycles. The molecule has 0 fully saturated rings. The zero-order chi connectivity index (χ0) is 13.7. The van der Waals surface area contributed by atoms with Gasteiger partial charge in [-0.05, 0) is 37.5 Å². The molecule has 1 atom stereocenters. The fourth-order valence-corrected chi connectivity index (χ4v) is 1.58. The van der Waals surface area contributed by atoms with Crippen molar-refractivity contribution >= 4 is 17.3 Å². The minimum atomic E-state index is 0.0483. The Morgan fingerprint density at radius 3 is 2.39 bits per heavy atom. The topological polar surface area (TPSA) is 41.1 Å². The number of carbonyl (C=O) groups is 1. The average Bonchev–Trinajstić information content (AvgIpc) is 2.33. The smallest absolute Gasteiger partial charge is 0.224 e. The van der Waals surface area contributed by atoms with Gasteiger partial charge in [-0.15, -0.1) is 0 Å². The second-order valence-electron chi connectivity index (χ2n) is 5.06. The third-order valence-corrected chi connectivity index (χ3v) is 3.31. The first-order valence-electron chi connectivity index (χ1n) is 6.61. The molecule has 1 rings (SSSR count). The van der Waals surface area contributed by atoms with Crippen LogP contribution < -0.4 is 10.6 Å².